The minimum Gasteiger partial charge on any atom is -0.376 e. The van der Waals surface area contributed by atoms with Crippen molar-refractivity contribution in [3.8, 4) is 0 Å². The zero-order valence-electron chi connectivity index (χ0n) is 20.6. The number of nitrogens with zero attached hydrogens (tertiary/aromatic N) is 5. The number of hydrogen-bond donors (Lipinski definition) is 1. The second-order valence-electron chi connectivity index (χ2n) is 9.65. The fraction of sp³-hybridized carbons (Fsp3) is 0.407. The molecular weight excluding hydrogens is 440 g/mol. The molecule has 0 unspecified atom stereocenters. The highest BCUT2D eigenvalue weighted by molar-refractivity contribution is 5.85. The van der Waals surface area contributed by atoms with E-state index in [0.717, 1.165) is 52.9 Å². The molecule has 182 valence electrons. The summed E-state index contributed by atoms with van der Waals surface area (Å²) in [6.07, 6.45) is 2.25. The smallest absolute Gasteiger partial charge is 0.252 e. The largest absolute Gasteiger partial charge is 0.376 e. The molecule has 1 saturated heterocycles. The molecule has 2 aromatic heterocycles. The van der Waals surface area contributed by atoms with E-state index in [9.17, 15) is 4.79 Å². The van der Waals surface area contributed by atoms with Crippen LogP contribution in [-0.4, -0.2) is 42.8 Å². The summed E-state index contributed by atoms with van der Waals surface area (Å²) < 4.78 is 7.63. The highest BCUT2D eigenvalue weighted by Gasteiger charge is 2.21. The van der Waals surface area contributed by atoms with Gasteiger partial charge in [-0.25, -0.2) is 4.68 Å². The number of pyridine rings is 1. The van der Waals surface area contributed by atoms with Crippen molar-refractivity contribution in [3.05, 3.63) is 86.5 Å². The zero-order valence-corrected chi connectivity index (χ0v) is 20.6. The summed E-state index contributed by atoms with van der Waals surface area (Å²) in [4.78, 5) is 18.4. The van der Waals surface area contributed by atoms with E-state index in [2.05, 4.69) is 69.6 Å². The average Bonchev–Trinajstić information content (AvgIpc) is 3.51. The molecule has 0 radical (unpaired) electrons. The van der Waals surface area contributed by atoms with Crippen molar-refractivity contribution in [2.24, 2.45) is 0 Å². The molecule has 0 aliphatic carbocycles. The van der Waals surface area contributed by atoms with Crippen LogP contribution in [0.5, 0.6) is 0 Å². The maximum Gasteiger partial charge on any atom is 0.252 e. The van der Waals surface area contributed by atoms with E-state index in [0.29, 0.717) is 26.2 Å². The summed E-state index contributed by atoms with van der Waals surface area (Å²) in [7, 11) is 0. The van der Waals surface area contributed by atoms with Crippen molar-refractivity contribution >= 4 is 10.9 Å². The summed E-state index contributed by atoms with van der Waals surface area (Å²) in [5.41, 5.74) is 6.20. The lowest BCUT2D eigenvalue weighted by molar-refractivity contribution is 0.0914. The van der Waals surface area contributed by atoms with Crippen LogP contribution in [0.3, 0.4) is 0 Å². The van der Waals surface area contributed by atoms with Gasteiger partial charge in [-0.3, -0.25) is 9.69 Å². The van der Waals surface area contributed by atoms with Crippen LogP contribution in [0.1, 0.15) is 46.5 Å². The van der Waals surface area contributed by atoms with Gasteiger partial charge in [-0.1, -0.05) is 42.0 Å². The van der Waals surface area contributed by atoms with Crippen molar-refractivity contribution in [2.45, 2.75) is 65.9 Å². The Labute approximate surface area is 204 Å². The first kappa shape index (κ1) is 23.4. The molecule has 0 spiro atoms. The molecule has 1 aliphatic heterocycles. The van der Waals surface area contributed by atoms with Crippen molar-refractivity contribution in [1.29, 1.82) is 0 Å². The van der Waals surface area contributed by atoms with Crippen LogP contribution in [0.2, 0.25) is 0 Å². The van der Waals surface area contributed by atoms with E-state index in [1.54, 1.807) is 0 Å². The number of aromatic amines is 1. The van der Waals surface area contributed by atoms with Crippen LogP contribution in [0, 0.1) is 20.8 Å². The number of H-pyrrole nitrogens is 1. The molecule has 2 aromatic carbocycles. The van der Waals surface area contributed by atoms with Gasteiger partial charge in [0.05, 0.1) is 24.7 Å². The molecule has 5 rings (SSSR count). The molecule has 0 amide bonds. The van der Waals surface area contributed by atoms with Crippen LogP contribution in [0.4, 0.5) is 0 Å². The molecule has 35 heavy (non-hydrogen) atoms. The van der Waals surface area contributed by atoms with Crippen molar-refractivity contribution < 1.29 is 4.74 Å². The highest BCUT2D eigenvalue weighted by atomic mass is 16.5. The second-order valence-corrected chi connectivity index (χ2v) is 9.65. The van der Waals surface area contributed by atoms with Gasteiger partial charge in [0, 0.05) is 30.6 Å². The third kappa shape index (κ3) is 5.33. The van der Waals surface area contributed by atoms with Crippen LogP contribution in [0.15, 0.2) is 47.3 Å². The predicted octanol–water partition coefficient (Wildman–Crippen LogP) is 3.82. The van der Waals surface area contributed by atoms with Gasteiger partial charge in [-0.15, -0.1) is 5.10 Å². The minimum absolute atomic E-state index is 0.0564. The first-order chi connectivity index (χ1) is 17.0. The van der Waals surface area contributed by atoms with E-state index < -0.39 is 0 Å². The van der Waals surface area contributed by atoms with E-state index in [4.69, 9.17) is 4.74 Å². The van der Waals surface area contributed by atoms with Crippen LogP contribution >= 0.6 is 0 Å². The van der Waals surface area contributed by atoms with Gasteiger partial charge in [-0.2, -0.15) is 0 Å². The van der Waals surface area contributed by atoms with Crippen molar-refractivity contribution in [2.75, 3.05) is 6.61 Å². The zero-order chi connectivity index (χ0) is 24.4. The van der Waals surface area contributed by atoms with Crippen molar-refractivity contribution in [1.82, 2.24) is 30.1 Å². The average molecular weight is 473 g/mol. The normalized spacial score (nSPS) is 15.9. The Morgan fingerprint density at radius 2 is 1.86 bits per heavy atom. The summed E-state index contributed by atoms with van der Waals surface area (Å²) in [6.45, 7) is 9.32. The van der Waals surface area contributed by atoms with Gasteiger partial charge in [0.25, 0.3) is 5.56 Å². The molecular formula is C27H32N6O2. The molecule has 0 saturated carbocycles. The third-order valence-corrected chi connectivity index (χ3v) is 6.81. The monoisotopic (exact) mass is 472 g/mol. The molecule has 1 atom stereocenters. The van der Waals surface area contributed by atoms with Gasteiger partial charge in [0.15, 0.2) is 5.82 Å². The quantitative estimate of drug-likeness (QED) is 0.419. The lowest BCUT2D eigenvalue weighted by Gasteiger charge is -2.22. The summed E-state index contributed by atoms with van der Waals surface area (Å²) >= 11 is 0. The summed E-state index contributed by atoms with van der Waals surface area (Å²) in [6, 6.07) is 14.7. The Morgan fingerprint density at radius 1 is 1.06 bits per heavy atom. The number of hydrogen-bond acceptors (Lipinski definition) is 6. The highest BCUT2D eigenvalue weighted by Crippen LogP contribution is 2.21. The fourth-order valence-corrected chi connectivity index (χ4v) is 4.76. The Kier molecular flexibility index (Phi) is 6.74. The molecule has 4 aromatic rings. The Bertz CT molecular complexity index is 1370. The van der Waals surface area contributed by atoms with Crippen LogP contribution in [0.25, 0.3) is 10.9 Å². The van der Waals surface area contributed by atoms with Crippen molar-refractivity contribution in [3.63, 3.8) is 0 Å². The second kappa shape index (κ2) is 10.1. The van der Waals surface area contributed by atoms with Crippen LogP contribution in [-0.2, 0) is 30.9 Å². The molecule has 8 heteroatoms. The van der Waals surface area contributed by atoms with Gasteiger partial charge in [-0.05, 0) is 66.8 Å². The lowest BCUT2D eigenvalue weighted by atomic mass is 10.0. The van der Waals surface area contributed by atoms with E-state index in [1.165, 1.54) is 11.1 Å². The first-order valence-corrected chi connectivity index (χ1v) is 12.2. The molecule has 8 nitrogen and oxygen atoms in total. The first-order valence-electron chi connectivity index (χ1n) is 12.2. The van der Waals surface area contributed by atoms with Crippen LogP contribution < -0.4 is 5.56 Å². The number of aromatic nitrogens is 5. The maximum atomic E-state index is 13.1. The molecule has 0 bridgehead atoms. The SMILES string of the molecule is Cc1ccc(CN(Cc2cc3c(C)ccc(C)c3[nH]c2=O)Cc2nnnn2C[C@H]2CCCO2)cc1. The third-order valence-electron chi connectivity index (χ3n) is 6.81. The van der Waals surface area contributed by atoms with Gasteiger partial charge >= 0.3 is 0 Å². The predicted molar refractivity (Wildman–Crippen MR) is 135 cm³/mol. The lowest BCUT2D eigenvalue weighted by Crippen LogP contribution is -2.29. The Morgan fingerprint density at radius 3 is 2.63 bits per heavy atom. The van der Waals surface area contributed by atoms with Gasteiger partial charge in [0.2, 0.25) is 0 Å². The van der Waals surface area contributed by atoms with Gasteiger partial charge < -0.3 is 9.72 Å². The Balaban J connectivity index is 1.45. The fourth-order valence-electron chi connectivity index (χ4n) is 4.76. The number of nitrogens with one attached hydrogen (secondary N) is 1. The number of rotatable bonds is 8. The number of benzene rings is 2. The van der Waals surface area contributed by atoms with Gasteiger partial charge in [0.1, 0.15) is 0 Å². The van der Waals surface area contributed by atoms with E-state index >= 15 is 0 Å². The number of tetrazole rings is 1. The topological polar surface area (TPSA) is 88.9 Å². The number of aryl methyl sites for hydroxylation is 3. The minimum atomic E-state index is -0.0564. The maximum absolute atomic E-state index is 13.1. The standard InChI is InChI=1S/C27H32N6O2/c1-18-6-10-21(11-7-18)14-32(17-25-29-30-31-33(25)16-23-5-4-12-35-23)15-22-13-24-19(2)8-9-20(3)26(24)28-27(22)34/h6-11,13,23H,4-5,12,14-17H2,1-3H3,(H,28,34)/t23-/m1/s1. The molecule has 3 heterocycles. The summed E-state index contributed by atoms with van der Waals surface area (Å²) in [5.74, 6) is 0.775. The number of fused-ring (bicyclic) bond motifs is 1. The van der Waals surface area contributed by atoms with E-state index in [1.807, 2.05) is 23.7 Å². The molecule has 1 N–H and O–H groups in total. The molecule has 1 aliphatic rings. The Hall–Kier alpha value is -3.36. The van der Waals surface area contributed by atoms with E-state index in [-0.39, 0.29) is 11.7 Å². The number of ether oxygens (including phenoxy) is 1. The molecule has 1 fully saturated rings. The summed E-state index contributed by atoms with van der Waals surface area (Å²) in [5, 5.41) is 13.5.